The summed E-state index contributed by atoms with van der Waals surface area (Å²) in [5.41, 5.74) is 1.27. The molecule has 0 aliphatic carbocycles. The average molecular weight is 419 g/mol. The molecule has 1 aromatic carbocycles. The van der Waals surface area contributed by atoms with Gasteiger partial charge in [0, 0.05) is 19.1 Å². The molecule has 1 aromatic rings. The molecule has 5 heteroatoms. The normalized spacial score (nSPS) is 12.5. The number of methoxy groups -OCH3 is 1. The van der Waals surface area contributed by atoms with Crippen molar-refractivity contribution >= 4 is 29.9 Å². The summed E-state index contributed by atoms with van der Waals surface area (Å²) < 4.78 is 5.16. The van der Waals surface area contributed by atoms with E-state index < -0.39 is 0 Å². The molecule has 0 aliphatic heterocycles. The fourth-order valence-corrected chi connectivity index (χ4v) is 1.79. The van der Waals surface area contributed by atoms with E-state index in [1.165, 1.54) is 5.56 Å². The van der Waals surface area contributed by atoms with Crippen LogP contribution in [0.4, 0.5) is 0 Å². The van der Waals surface area contributed by atoms with Crippen molar-refractivity contribution in [3.05, 3.63) is 29.8 Å². The van der Waals surface area contributed by atoms with Crippen LogP contribution in [0.3, 0.4) is 0 Å². The van der Waals surface area contributed by atoms with Gasteiger partial charge in [-0.3, -0.25) is 4.99 Å². The van der Waals surface area contributed by atoms with Gasteiger partial charge in [-0.15, -0.1) is 24.0 Å². The van der Waals surface area contributed by atoms with E-state index in [-0.39, 0.29) is 24.0 Å². The maximum Gasteiger partial charge on any atom is 0.191 e. The minimum Gasteiger partial charge on any atom is -0.497 e. The number of nitrogens with one attached hydrogen (secondary N) is 2. The Morgan fingerprint density at radius 3 is 2.32 bits per heavy atom. The topological polar surface area (TPSA) is 45.7 Å². The second-order valence-corrected chi connectivity index (χ2v) is 5.54. The van der Waals surface area contributed by atoms with Gasteiger partial charge in [0.15, 0.2) is 5.96 Å². The van der Waals surface area contributed by atoms with E-state index in [1.54, 1.807) is 7.11 Å². The van der Waals surface area contributed by atoms with Gasteiger partial charge in [0.25, 0.3) is 0 Å². The molecule has 0 spiro atoms. The average Bonchev–Trinajstić information content (AvgIpc) is 2.48. The Bertz CT molecular complexity index is 432. The summed E-state index contributed by atoms with van der Waals surface area (Å²) >= 11 is 0. The van der Waals surface area contributed by atoms with Crippen LogP contribution in [-0.4, -0.2) is 32.2 Å². The molecule has 4 nitrogen and oxygen atoms in total. The van der Waals surface area contributed by atoms with E-state index in [0.717, 1.165) is 31.2 Å². The zero-order chi connectivity index (χ0) is 15.7. The molecule has 0 saturated carbocycles. The first kappa shape index (κ1) is 21.0. The molecule has 22 heavy (non-hydrogen) atoms. The SMILES string of the molecule is CCNC(=NCCc1ccc(OC)cc1)NC(C)C(C)C.I. The smallest absolute Gasteiger partial charge is 0.191 e. The zero-order valence-electron chi connectivity index (χ0n) is 14.3. The third-order valence-corrected chi connectivity index (χ3v) is 3.54. The van der Waals surface area contributed by atoms with Crippen LogP contribution in [-0.2, 0) is 6.42 Å². The van der Waals surface area contributed by atoms with Crippen molar-refractivity contribution in [1.82, 2.24) is 10.6 Å². The van der Waals surface area contributed by atoms with Gasteiger partial charge in [0.2, 0.25) is 0 Å². The van der Waals surface area contributed by atoms with Gasteiger partial charge in [-0.25, -0.2) is 0 Å². The highest BCUT2D eigenvalue weighted by Gasteiger charge is 2.08. The number of benzene rings is 1. The Morgan fingerprint density at radius 2 is 1.82 bits per heavy atom. The van der Waals surface area contributed by atoms with Crippen LogP contribution >= 0.6 is 24.0 Å². The minimum atomic E-state index is 0. The highest BCUT2D eigenvalue weighted by atomic mass is 127. The molecule has 1 unspecified atom stereocenters. The van der Waals surface area contributed by atoms with Crippen LogP contribution in [0.2, 0.25) is 0 Å². The Hall–Kier alpha value is -0.980. The van der Waals surface area contributed by atoms with Crippen LogP contribution in [0.25, 0.3) is 0 Å². The number of halogens is 1. The van der Waals surface area contributed by atoms with Crippen LogP contribution < -0.4 is 15.4 Å². The maximum absolute atomic E-state index is 5.16. The molecule has 0 aromatic heterocycles. The highest BCUT2D eigenvalue weighted by Crippen LogP contribution is 2.11. The first-order valence-corrected chi connectivity index (χ1v) is 7.74. The Morgan fingerprint density at radius 1 is 1.18 bits per heavy atom. The second-order valence-electron chi connectivity index (χ2n) is 5.54. The Labute approximate surface area is 152 Å². The molecule has 126 valence electrons. The van der Waals surface area contributed by atoms with Crippen molar-refractivity contribution in [2.24, 2.45) is 10.9 Å². The standard InChI is InChI=1S/C17H29N3O.HI/c1-6-18-17(20-14(4)13(2)3)19-12-11-15-7-9-16(21-5)10-8-15;/h7-10,13-14H,6,11-12H2,1-5H3,(H2,18,19,20);1H. The number of hydrogen-bond acceptors (Lipinski definition) is 2. The van der Waals surface area contributed by atoms with E-state index in [2.05, 4.69) is 55.5 Å². The van der Waals surface area contributed by atoms with E-state index >= 15 is 0 Å². The van der Waals surface area contributed by atoms with Gasteiger partial charge in [-0.2, -0.15) is 0 Å². The first-order valence-electron chi connectivity index (χ1n) is 7.74. The van der Waals surface area contributed by atoms with Gasteiger partial charge in [0.1, 0.15) is 5.75 Å². The zero-order valence-corrected chi connectivity index (χ0v) is 16.7. The van der Waals surface area contributed by atoms with Gasteiger partial charge in [-0.1, -0.05) is 26.0 Å². The number of aliphatic imine (C=N–C) groups is 1. The van der Waals surface area contributed by atoms with Gasteiger partial charge < -0.3 is 15.4 Å². The van der Waals surface area contributed by atoms with Crippen LogP contribution in [0.1, 0.15) is 33.3 Å². The number of nitrogens with zero attached hydrogens (tertiary/aromatic N) is 1. The fourth-order valence-electron chi connectivity index (χ4n) is 1.79. The lowest BCUT2D eigenvalue weighted by atomic mass is 10.1. The monoisotopic (exact) mass is 419 g/mol. The van der Waals surface area contributed by atoms with Crippen molar-refractivity contribution in [3.8, 4) is 5.75 Å². The molecule has 1 atom stereocenters. The summed E-state index contributed by atoms with van der Waals surface area (Å²) in [6.45, 7) is 10.3. The van der Waals surface area contributed by atoms with Gasteiger partial charge >= 0.3 is 0 Å². The van der Waals surface area contributed by atoms with E-state index in [4.69, 9.17) is 4.74 Å². The summed E-state index contributed by atoms with van der Waals surface area (Å²) in [6, 6.07) is 8.56. The van der Waals surface area contributed by atoms with Crippen molar-refractivity contribution < 1.29 is 4.74 Å². The van der Waals surface area contributed by atoms with Crippen LogP contribution in [0.15, 0.2) is 29.3 Å². The molecule has 2 N–H and O–H groups in total. The maximum atomic E-state index is 5.16. The van der Waals surface area contributed by atoms with E-state index in [0.29, 0.717) is 12.0 Å². The molecule has 1 rings (SSSR count). The van der Waals surface area contributed by atoms with E-state index in [9.17, 15) is 0 Å². The molecule has 0 radical (unpaired) electrons. The van der Waals surface area contributed by atoms with Crippen molar-refractivity contribution in [2.75, 3.05) is 20.2 Å². The largest absolute Gasteiger partial charge is 0.497 e. The molecule has 0 amide bonds. The van der Waals surface area contributed by atoms with Crippen molar-refractivity contribution in [2.45, 2.75) is 40.2 Å². The lowest BCUT2D eigenvalue weighted by molar-refractivity contribution is 0.414. The van der Waals surface area contributed by atoms with E-state index in [1.807, 2.05) is 12.1 Å². The number of guanidine groups is 1. The number of ether oxygens (including phenoxy) is 1. The van der Waals surface area contributed by atoms with Crippen LogP contribution in [0.5, 0.6) is 5.75 Å². The lowest BCUT2D eigenvalue weighted by Gasteiger charge is -2.20. The first-order chi connectivity index (χ1) is 10.1. The summed E-state index contributed by atoms with van der Waals surface area (Å²) in [4.78, 5) is 4.64. The Balaban J connectivity index is 0.00000441. The lowest BCUT2D eigenvalue weighted by Crippen LogP contribution is -2.44. The minimum absolute atomic E-state index is 0. The van der Waals surface area contributed by atoms with Crippen LogP contribution in [0, 0.1) is 5.92 Å². The third kappa shape index (κ3) is 7.87. The molecule has 0 aliphatic rings. The van der Waals surface area contributed by atoms with Gasteiger partial charge in [-0.05, 0) is 43.9 Å². The van der Waals surface area contributed by atoms with Crippen molar-refractivity contribution in [3.63, 3.8) is 0 Å². The molecule has 0 heterocycles. The second kappa shape index (κ2) is 11.6. The van der Waals surface area contributed by atoms with Gasteiger partial charge in [0.05, 0.1) is 7.11 Å². The molecule has 0 fully saturated rings. The summed E-state index contributed by atoms with van der Waals surface area (Å²) in [7, 11) is 1.68. The Kier molecular flexibility index (Phi) is 11.1. The summed E-state index contributed by atoms with van der Waals surface area (Å²) in [5.74, 6) is 2.37. The summed E-state index contributed by atoms with van der Waals surface area (Å²) in [5, 5.41) is 6.73. The quantitative estimate of drug-likeness (QED) is 0.404. The third-order valence-electron chi connectivity index (χ3n) is 3.54. The fraction of sp³-hybridized carbons (Fsp3) is 0.588. The molecule has 0 bridgehead atoms. The molecule has 0 saturated heterocycles. The molecular formula is C17H30IN3O. The molecular weight excluding hydrogens is 389 g/mol. The predicted molar refractivity (Wildman–Crippen MR) is 106 cm³/mol. The van der Waals surface area contributed by atoms with Crippen molar-refractivity contribution in [1.29, 1.82) is 0 Å². The highest BCUT2D eigenvalue weighted by molar-refractivity contribution is 14.0. The number of rotatable bonds is 7. The summed E-state index contributed by atoms with van der Waals surface area (Å²) in [6.07, 6.45) is 0.927. The predicted octanol–water partition coefficient (Wildman–Crippen LogP) is 3.46. The number of hydrogen-bond donors (Lipinski definition) is 2.